The molecular weight excluding hydrogens is 270 g/mol. The largest absolute Gasteiger partial charge is 0.489 e. The van der Waals surface area contributed by atoms with E-state index in [4.69, 9.17) is 16.3 Å². The van der Waals surface area contributed by atoms with Gasteiger partial charge in [0.2, 0.25) is 0 Å². The summed E-state index contributed by atoms with van der Waals surface area (Å²) in [4.78, 5) is 0. The van der Waals surface area contributed by atoms with Gasteiger partial charge >= 0.3 is 0 Å². The Morgan fingerprint density at radius 2 is 2.10 bits per heavy atom. The van der Waals surface area contributed by atoms with Gasteiger partial charge in [0.15, 0.2) is 0 Å². The molecule has 0 radical (unpaired) electrons. The first kappa shape index (κ1) is 13.5. The number of nitrogens with one attached hydrogen (secondary N) is 1. The van der Waals surface area contributed by atoms with Gasteiger partial charge in [0, 0.05) is 16.6 Å². The van der Waals surface area contributed by atoms with Gasteiger partial charge in [0.05, 0.1) is 0 Å². The average molecular weight is 288 g/mol. The molecule has 1 aliphatic carbocycles. The van der Waals surface area contributed by atoms with E-state index in [0.29, 0.717) is 12.6 Å². The van der Waals surface area contributed by atoms with Crippen LogP contribution in [0.3, 0.4) is 0 Å². The van der Waals surface area contributed by atoms with Crippen molar-refractivity contribution in [1.29, 1.82) is 0 Å². The number of ether oxygens (including phenoxy) is 1. The maximum Gasteiger partial charge on any atom is 0.120 e. The van der Waals surface area contributed by atoms with Crippen LogP contribution in [0.25, 0.3) is 0 Å². The first-order chi connectivity index (χ1) is 9.78. The topological polar surface area (TPSA) is 21.3 Å². The third kappa shape index (κ3) is 2.67. The van der Waals surface area contributed by atoms with E-state index in [1.807, 2.05) is 37.4 Å². The zero-order valence-corrected chi connectivity index (χ0v) is 12.3. The van der Waals surface area contributed by atoms with Crippen LogP contribution in [-0.4, -0.2) is 7.05 Å². The van der Waals surface area contributed by atoms with Crippen LogP contribution in [0.5, 0.6) is 5.75 Å². The van der Waals surface area contributed by atoms with Gasteiger partial charge in [-0.3, -0.25) is 0 Å². The highest BCUT2D eigenvalue weighted by molar-refractivity contribution is 6.31. The molecule has 0 bridgehead atoms. The van der Waals surface area contributed by atoms with Crippen molar-refractivity contribution in [3.05, 3.63) is 64.2 Å². The monoisotopic (exact) mass is 287 g/mol. The highest BCUT2D eigenvalue weighted by Crippen LogP contribution is 2.33. The second-order valence-electron chi connectivity index (χ2n) is 5.12. The van der Waals surface area contributed by atoms with Gasteiger partial charge < -0.3 is 10.1 Å². The lowest BCUT2D eigenvalue weighted by atomic mass is 10.1. The minimum atomic E-state index is 0.489. The van der Waals surface area contributed by atoms with Crippen molar-refractivity contribution >= 4 is 11.6 Å². The van der Waals surface area contributed by atoms with Crippen LogP contribution in [0, 0.1) is 0 Å². The second-order valence-corrected chi connectivity index (χ2v) is 5.53. The lowest BCUT2D eigenvalue weighted by Gasteiger charge is -2.12. The smallest absolute Gasteiger partial charge is 0.120 e. The normalized spacial score (nSPS) is 17.0. The molecule has 1 unspecified atom stereocenters. The molecule has 0 saturated heterocycles. The first-order valence-electron chi connectivity index (χ1n) is 6.94. The summed E-state index contributed by atoms with van der Waals surface area (Å²) in [6.45, 7) is 0.508. The molecule has 0 aliphatic heterocycles. The van der Waals surface area contributed by atoms with Gasteiger partial charge in [-0.05, 0) is 49.2 Å². The maximum absolute atomic E-state index is 6.13. The Balaban J connectivity index is 1.72. The number of hydrogen-bond acceptors (Lipinski definition) is 2. The predicted octanol–water partition coefficient (Wildman–Crippen LogP) is 4.13. The molecule has 2 aromatic carbocycles. The molecular formula is C17H18ClNO. The quantitative estimate of drug-likeness (QED) is 0.913. The first-order valence-corrected chi connectivity index (χ1v) is 7.32. The lowest BCUT2D eigenvalue weighted by Crippen LogP contribution is -2.12. The number of rotatable bonds is 4. The van der Waals surface area contributed by atoms with Crippen LogP contribution in [0.4, 0.5) is 0 Å². The van der Waals surface area contributed by atoms with Crippen molar-refractivity contribution in [1.82, 2.24) is 5.32 Å². The Bertz CT molecular complexity index is 612. The Morgan fingerprint density at radius 3 is 2.90 bits per heavy atom. The van der Waals surface area contributed by atoms with Crippen molar-refractivity contribution in [2.45, 2.75) is 25.5 Å². The van der Waals surface area contributed by atoms with Crippen LogP contribution in [0.1, 0.15) is 29.2 Å². The second kappa shape index (κ2) is 5.86. The number of aryl methyl sites for hydroxylation is 1. The summed E-state index contributed by atoms with van der Waals surface area (Å²) in [5.74, 6) is 0.917. The fourth-order valence-electron chi connectivity index (χ4n) is 2.76. The van der Waals surface area contributed by atoms with E-state index in [1.54, 1.807) is 0 Å². The van der Waals surface area contributed by atoms with E-state index in [0.717, 1.165) is 22.8 Å². The summed E-state index contributed by atoms with van der Waals surface area (Å²) in [6, 6.07) is 14.7. The summed E-state index contributed by atoms with van der Waals surface area (Å²) in [5.41, 5.74) is 3.81. The standard InChI is InChI=1S/C17H18ClNO/c1-19-17-9-6-12-10-14(7-8-15(12)17)20-11-13-4-2-3-5-16(13)18/h2-5,7-8,10,17,19H,6,9,11H2,1H3. The van der Waals surface area contributed by atoms with E-state index >= 15 is 0 Å². The van der Waals surface area contributed by atoms with Gasteiger partial charge in [0.1, 0.15) is 12.4 Å². The number of benzene rings is 2. The Labute approximate surface area is 124 Å². The minimum Gasteiger partial charge on any atom is -0.489 e. The number of hydrogen-bond donors (Lipinski definition) is 1. The van der Waals surface area contributed by atoms with E-state index in [2.05, 4.69) is 17.4 Å². The molecule has 1 N–H and O–H groups in total. The van der Waals surface area contributed by atoms with Crippen LogP contribution < -0.4 is 10.1 Å². The summed E-state index contributed by atoms with van der Waals surface area (Å²) < 4.78 is 5.86. The van der Waals surface area contributed by atoms with Gasteiger partial charge in [-0.2, -0.15) is 0 Å². The van der Waals surface area contributed by atoms with Crippen molar-refractivity contribution in [3.63, 3.8) is 0 Å². The third-order valence-corrected chi connectivity index (χ3v) is 4.26. The summed E-state index contributed by atoms with van der Waals surface area (Å²) >= 11 is 6.13. The van der Waals surface area contributed by atoms with Gasteiger partial charge in [-0.1, -0.05) is 35.9 Å². The SMILES string of the molecule is CNC1CCc2cc(OCc3ccccc3Cl)ccc21. The van der Waals surface area contributed by atoms with Crippen LogP contribution in [0.2, 0.25) is 5.02 Å². The fourth-order valence-corrected chi connectivity index (χ4v) is 2.95. The highest BCUT2D eigenvalue weighted by atomic mass is 35.5. The summed E-state index contributed by atoms with van der Waals surface area (Å²) in [5, 5.41) is 4.10. The minimum absolute atomic E-state index is 0.489. The molecule has 0 spiro atoms. The van der Waals surface area contributed by atoms with Crippen molar-refractivity contribution in [2.75, 3.05) is 7.05 Å². The van der Waals surface area contributed by atoms with Crippen molar-refractivity contribution in [3.8, 4) is 5.75 Å². The lowest BCUT2D eigenvalue weighted by molar-refractivity contribution is 0.306. The summed E-state index contributed by atoms with van der Waals surface area (Å²) in [7, 11) is 2.02. The average Bonchev–Trinajstić information content (AvgIpc) is 2.88. The fraction of sp³-hybridized carbons (Fsp3) is 0.294. The molecule has 2 aromatic rings. The molecule has 0 heterocycles. The van der Waals surface area contributed by atoms with Crippen LogP contribution in [0.15, 0.2) is 42.5 Å². The molecule has 104 valence electrons. The molecule has 1 aliphatic rings. The molecule has 20 heavy (non-hydrogen) atoms. The molecule has 3 heteroatoms. The zero-order chi connectivity index (χ0) is 13.9. The third-order valence-electron chi connectivity index (χ3n) is 3.89. The molecule has 2 nitrogen and oxygen atoms in total. The summed E-state index contributed by atoms with van der Waals surface area (Å²) in [6.07, 6.45) is 2.28. The van der Waals surface area contributed by atoms with E-state index in [-0.39, 0.29) is 0 Å². The number of halogens is 1. The van der Waals surface area contributed by atoms with E-state index in [9.17, 15) is 0 Å². The predicted molar refractivity (Wildman–Crippen MR) is 82.3 cm³/mol. The van der Waals surface area contributed by atoms with Crippen LogP contribution >= 0.6 is 11.6 Å². The molecule has 1 atom stereocenters. The molecule has 0 aromatic heterocycles. The number of fused-ring (bicyclic) bond motifs is 1. The van der Waals surface area contributed by atoms with E-state index in [1.165, 1.54) is 17.5 Å². The van der Waals surface area contributed by atoms with Gasteiger partial charge in [0.25, 0.3) is 0 Å². The molecule has 0 saturated carbocycles. The van der Waals surface area contributed by atoms with Crippen molar-refractivity contribution in [2.24, 2.45) is 0 Å². The highest BCUT2D eigenvalue weighted by Gasteiger charge is 2.21. The maximum atomic E-state index is 6.13. The zero-order valence-electron chi connectivity index (χ0n) is 11.5. The van der Waals surface area contributed by atoms with Gasteiger partial charge in [-0.25, -0.2) is 0 Å². The van der Waals surface area contributed by atoms with Gasteiger partial charge in [-0.15, -0.1) is 0 Å². The Hall–Kier alpha value is -1.51. The molecule has 3 rings (SSSR count). The Kier molecular flexibility index (Phi) is 3.95. The molecule has 0 amide bonds. The van der Waals surface area contributed by atoms with E-state index < -0.39 is 0 Å². The van der Waals surface area contributed by atoms with Crippen molar-refractivity contribution < 1.29 is 4.74 Å². The molecule has 0 fully saturated rings. The Morgan fingerprint density at radius 1 is 1.25 bits per heavy atom. The van der Waals surface area contributed by atoms with Crippen LogP contribution in [-0.2, 0) is 13.0 Å².